The minimum atomic E-state index is -1.06. The topological polar surface area (TPSA) is 93.8 Å². The highest BCUT2D eigenvalue weighted by atomic mass is 35.5. The summed E-state index contributed by atoms with van der Waals surface area (Å²) in [6.45, 7) is 0. The number of nitrogens with one attached hydrogen (secondary N) is 1. The van der Waals surface area contributed by atoms with E-state index < -0.39 is 11.3 Å². The Balaban J connectivity index is 2.34. The van der Waals surface area contributed by atoms with Gasteiger partial charge in [-0.1, -0.05) is 30.3 Å². The van der Waals surface area contributed by atoms with E-state index >= 15 is 0 Å². The van der Waals surface area contributed by atoms with Crippen LogP contribution in [-0.4, -0.2) is 21.1 Å². The molecule has 7 heteroatoms. The number of alkyl halides is 1. The van der Waals surface area contributed by atoms with Gasteiger partial charge < -0.3 is 0 Å². The van der Waals surface area contributed by atoms with E-state index in [1.807, 2.05) is 35.8 Å². The number of hydrogen-bond donors (Lipinski definition) is 2. The molecule has 1 aromatic heterocycles. The molecule has 92 valence electrons. The largest absolute Gasteiger partial charge is 0.293 e. The first-order valence-electron chi connectivity index (χ1n) is 5.12. The van der Waals surface area contributed by atoms with Crippen LogP contribution >= 0.6 is 11.6 Å². The van der Waals surface area contributed by atoms with E-state index in [-0.39, 0.29) is 5.82 Å². The van der Waals surface area contributed by atoms with Crippen LogP contribution in [0.25, 0.3) is 11.3 Å². The minimum Gasteiger partial charge on any atom is -0.293 e. The molecule has 2 rings (SSSR count). The summed E-state index contributed by atoms with van der Waals surface area (Å²) in [5.74, 6) is 4.53. The summed E-state index contributed by atoms with van der Waals surface area (Å²) >= 11 is 5.86. The number of nitrogens with two attached hydrogens (primary N) is 1. The lowest BCUT2D eigenvalue weighted by molar-refractivity contribution is -0.121. The van der Waals surface area contributed by atoms with Crippen molar-refractivity contribution in [3.8, 4) is 11.3 Å². The maximum absolute atomic E-state index is 11.3. The number of hydrazine groups is 1. The Kier molecular flexibility index (Phi) is 3.81. The highest BCUT2D eigenvalue weighted by Crippen LogP contribution is 2.19. The number of carbonyl (C=O) groups is 1. The number of nitrogens with zero attached hydrogens (tertiary/aromatic N) is 3. The molecule has 0 radical (unpaired) electrons. The van der Waals surface area contributed by atoms with Gasteiger partial charge in [-0.2, -0.15) is 5.10 Å². The molecule has 0 aliphatic heterocycles. The number of hydrogen-bond acceptors (Lipinski definition) is 5. The second-order valence-corrected chi connectivity index (χ2v) is 3.87. The zero-order chi connectivity index (χ0) is 13.0. The van der Waals surface area contributed by atoms with Gasteiger partial charge in [0.2, 0.25) is 0 Å². The van der Waals surface area contributed by atoms with Gasteiger partial charge in [0, 0.05) is 5.56 Å². The summed E-state index contributed by atoms with van der Waals surface area (Å²) in [5, 5.41) is 6.44. The van der Waals surface area contributed by atoms with E-state index in [2.05, 4.69) is 15.2 Å². The second-order valence-electron chi connectivity index (χ2n) is 3.44. The smallest absolute Gasteiger partial charge is 0.259 e. The van der Waals surface area contributed by atoms with Gasteiger partial charge in [0.25, 0.3) is 5.91 Å². The second kappa shape index (κ2) is 5.52. The highest BCUT2D eigenvalue weighted by Gasteiger charge is 2.20. The molecule has 18 heavy (non-hydrogen) atoms. The summed E-state index contributed by atoms with van der Waals surface area (Å²) in [5.41, 5.74) is 3.40. The summed E-state index contributed by atoms with van der Waals surface area (Å²) in [7, 11) is 0. The minimum absolute atomic E-state index is 0.112. The van der Waals surface area contributed by atoms with Gasteiger partial charge in [0.15, 0.2) is 11.2 Å². The highest BCUT2D eigenvalue weighted by molar-refractivity contribution is 6.30. The van der Waals surface area contributed by atoms with Crippen LogP contribution in [0, 0.1) is 0 Å². The number of aromatic nitrogens is 3. The number of amides is 1. The zero-order valence-electron chi connectivity index (χ0n) is 9.25. The number of halogens is 1. The van der Waals surface area contributed by atoms with Crippen LogP contribution < -0.4 is 11.3 Å². The Hall–Kier alpha value is -2.05. The van der Waals surface area contributed by atoms with Gasteiger partial charge in [0.1, 0.15) is 0 Å². The van der Waals surface area contributed by atoms with E-state index in [1.54, 1.807) is 0 Å². The maximum Gasteiger partial charge on any atom is 0.259 e. The van der Waals surface area contributed by atoms with E-state index in [9.17, 15) is 4.79 Å². The number of rotatable bonds is 3. The van der Waals surface area contributed by atoms with Crippen LogP contribution in [0.15, 0.2) is 36.5 Å². The Bertz CT molecular complexity index is 548. The Morgan fingerprint density at radius 3 is 2.72 bits per heavy atom. The summed E-state index contributed by atoms with van der Waals surface area (Å²) in [4.78, 5) is 15.5. The molecule has 0 aliphatic carbocycles. The molecule has 0 bridgehead atoms. The molecule has 0 fully saturated rings. The Morgan fingerprint density at radius 2 is 2.06 bits per heavy atom. The fourth-order valence-electron chi connectivity index (χ4n) is 1.36. The molecule has 6 nitrogen and oxygen atoms in total. The molecule has 1 aromatic carbocycles. The normalized spacial score (nSPS) is 11.9. The standard InChI is InChI=1S/C11H10ClN5O/c12-9(11(18)16-13)10-15-8(6-14-17-10)7-4-2-1-3-5-7/h1-6,9H,13H2,(H,16,18). The molecule has 3 N–H and O–H groups in total. The van der Waals surface area contributed by atoms with Crippen molar-refractivity contribution in [3.05, 3.63) is 42.4 Å². The lowest BCUT2D eigenvalue weighted by Gasteiger charge is -2.06. The molecule has 1 unspecified atom stereocenters. The van der Waals surface area contributed by atoms with Crippen LogP contribution in [0.5, 0.6) is 0 Å². The van der Waals surface area contributed by atoms with Crippen molar-refractivity contribution in [2.24, 2.45) is 5.84 Å². The molecule has 0 spiro atoms. The molecule has 1 heterocycles. The average Bonchev–Trinajstić information content (AvgIpc) is 2.46. The molecule has 0 saturated heterocycles. The van der Waals surface area contributed by atoms with E-state index in [0.29, 0.717) is 5.69 Å². The van der Waals surface area contributed by atoms with Crippen molar-refractivity contribution in [1.29, 1.82) is 0 Å². The fourth-order valence-corrected chi connectivity index (χ4v) is 1.52. The third-order valence-electron chi connectivity index (χ3n) is 2.24. The van der Waals surface area contributed by atoms with Crippen molar-refractivity contribution >= 4 is 17.5 Å². The quantitative estimate of drug-likeness (QED) is 0.370. The van der Waals surface area contributed by atoms with Gasteiger partial charge >= 0.3 is 0 Å². The summed E-state index contributed by atoms with van der Waals surface area (Å²) in [6.07, 6.45) is 1.50. The van der Waals surface area contributed by atoms with Gasteiger partial charge in [0.05, 0.1) is 11.9 Å². The summed E-state index contributed by atoms with van der Waals surface area (Å²) in [6, 6.07) is 9.40. The molecular weight excluding hydrogens is 254 g/mol. The first-order valence-corrected chi connectivity index (χ1v) is 5.55. The number of benzene rings is 1. The van der Waals surface area contributed by atoms with Crippen molar-refractivity contribution in [2.45, 2.75) is 5.38 Å². The van der Waals surface area contributed by atoms with E-state index in [1.165, 1.54) is 6.20 Å². The van der Waals surface area contributed by atoms with Crippen LogP contribution in [0.2, 0.25) is 0 Å². The van der Waals surface area contributed by atoms with Gasteiger partial charge in [-0.05, 0) is 0 Å². The number of carbonyl (C=O) groups excluding carboxylic acids is 1. The lowest BCUT2D eigenvalue weighted by atomic mass is 10.2. The van der Waals surface area contributed by atoms with Gasteiger partial charge in [-0.25, -0.2) is 10.8 Å². The molecular formula is C11H10ClN5O. The Morgan fingerprint density at radius 1 is 1.33 bits per heavy atom. The molecule has 0 aliphatic rings. The molecule has 2 aromatic rings. The van der Waals surface area contributed by atoms with Crippen LogP contribution in [0.3, 0.4) is 0 Å². The van der Waals surface area contributed by atoms with Crippen LogP contribution in [0.4, 0.5) is 0 Å². The predicted octanol–water partition coefficient (Wildman–Crippen LogP) is 0.808. The van der Waals surface area contributed by atoms with E-state index in [4.69, 9.17) is 17.4 Å². The van der Waals surface area contributed by atoms with Gasteiger partial charge in [-0.15, -0.1) is 16.7 Å². The third-order valence-corrected chi connectivity index (χ3v) is 2.64. The monoisotopic (exact) mass is 263 g/mol. The first kappa shape index (κ1) is 12.4. The maximum atomic E-state index is 11.3. The SMILES string of the molecule is NNC(=O)C(Cl)c1nncc(-c2ccccc2)n1. The average molecular weight is 264 g/mol. The fraction of sp³-hybridized carbons (Fsp3) is 0.0909. The van der Waals surface area contributed by atoms with Crippen molar-refractivity contribution in [1.82, 2.24) is 20.6 Å². The third kappa shape index (κ3) is 2.61. The first-order chi connectivity index (χ1) is 8.72. The summed E-state index contributed by atoms with van der Waals surface area (Å²) < 4.78 is 0. The van der Waals surface area contributed by atoms with Crippen molar-refractivity contribution in [2.75, 3.05) is 0 Å². The van der Waals surface area contributed by atoms with Crippen molar-refractivity contribution < 1.29 is 4.79 Å². The van der Waals surface area contributed by atoms with Gasteiger partial charge in [-0.3, -0.25) is 10.2 Å². The van der Waals surface area contributed by atoms with E-state index in [0.717, 1.165) is 5.56 Å². The lowest BCUT2D eigenvalue weighted by Crippen LogP contribution is -2.33. The molecule has 1 atom stereocenters. The van der Waals surface area contributed by atoms with Crippen LogP contribution in [0.1, 0.15) is 11.2 Å². The van der Waals surface area contributed by atoms with Crippen molar-refractivity contribution in [3.63, 3.8) is 0 Å². The Labute approximate surface area is 108 Å². The predicted molar refractivity (Wildman–Crippen MR) is 66.2 cm³/mol. The molecule has 0 saturated carbocycles. The molecule has 1 amide bonds. The zero-order valence-corrected chi connectivity index (χ0v) is 10.0. The van der Waals surface area contributed by atoms with Crippen LogP contribution in [-0.2, 0) is 4.79 Å².